The average Bonchev–Trinajstić information content (AvgIpc) is 2.43. The first-order valence-electron chi connectivity index (χ1n) is 4.36. The van der Waals surface area contributed by atoms with Gasteiger partial charge in [0.25, 0.3) is 0 Å². The number of para-hydroxylation sites is 1. The summed E-state index contributed by atoms with van der Waals surface area (Å²) in [7, 11) is 0. The first-order valence-corrected chi connectivity index (χ1v) is 4.36. The zero-order valence-electron chi connectivity index (χ0n) is 7.49. The van der Waals surface area contributed by atoms with Gasteiger partial charge >= 0.3 is 0 Å². The molecule has 0 aromatic heterocycles. The molecule has 1 aromatic carbocycles. The minimum absolute atomic E-state index is 0.0723. The predicted octanol–water partition coefficient (Wildman–Crippen LogP) is 0.598. The highest BCUT2D eigenvalue weighted by atomic mass is 16.2. The van der Waals surface area contributed by atoms with Crippen molar-refractivity contribution in [3.05, 3.63) is 29.8 Å². The van der Waals surface area contributed by atoms with E-state index in [-0.39, 0.29) is 12.3 Å². The maximum Gasteiger partial charge on any atom is 0.232 e. The lowest BCUT2D eigenvalue weighted by Crippen LogP contribution is -2.20. The zero-order valence-corrected chi connectivity index (χ0v) is 7.49. The number of carbonyl (C=O) groups excluding carboxylic acids is 2. The lowest BCUT2D eigenvalue weighted by Gasteiger charge is -2.04. The molecule has 0 saturated heterocycles. The number of primary amides is 1. The van der Waals surface area contributed by atoms with Gasteiger partial charge in [0.05, 0.1) is 5.92 Å². The van der Waals surface area contributed by atoms with Crippen LogP contribution in [0.15, 0.2) is 24.3 Å². The predicted molar refractivity (Wildman–Crippen MR) is 51.6 cm³/mol. The van der Waals surface area contributed by atoms with Gasteiger partial charge in [-0.1, -0.05) is 18.2 Å². The number of benzene rings is 1. The van der Waals surface area contributed by atoms with Crippen molar-refractivity contribution in [2.45, 2.75) is 12.3 Å². The average molecular weight is 190 g/mol. The first kappa shape index (κ1) is 8.74. The summed E-state index contributed by atoms with van der Waals surface area (Å²) in [5.41, 5.74) is 6.71. The topological polar surface area (TPSA) is 72.2 Å². The van der Waals surface area contributed by atoms with Crippen molar-refractivity contribution in [3.63, 3.8) is 0 Å². The van der Waals surface area contributed by atoms with Crippen molar-refractivity contribution in [1.29, 1.82) is 0 Å². The van der Waals surface area contributed by atoms with Gasteiger partial charge in [-0.2, -0.15) is 0 Å². The Balaban J connectivity index is 2.34. The summed E-state index contributed by atoms with van der Waals surface area (Å²) in [4.78, 5) is 22.2. The molecule has 0 aliphatic carbocycles. The largest absolute Gasteiger partial charge is 0.370 e. The van der Waals surface area contributed by atoms with Crippen LogP contribution in [0.3, 0.4) is 0 Å². The van der Waals surface area contributed by atoms with Crippen molar-refractivity contribution in [3.8, 4) is 0 Å². The molecule has 0 spiro atoms. The number of fused-ring (bicyclic) bond motifs is 1. The molecule has 2 amide bonds. The fourth-order valence-corrected chi connectivity index (χ4v) is 1.68. The highest BCUT2D eigenvalue weighted by molar-refractivity contribution is 6.04. The molecule has 1 heterocycles. The molecule has 1 aromatic rings. The quantitative estimate of drug-likeness (QED) is 0.716. The van der Waals surface area contributed by atoms with E-state index in [1.54, 1.807) is 0 Å². The number of rotatable bonds is 2. The Morgan fingerprint density at radius 1 is 1.43 bits per heavy atom. The number of hydrogen-bond acceptors (Lipinski definition) is 2. The molecule has 1 aliphatic heterocycles. The van der Waals surface area contributed by atoms with Gasteiger partial charge in [0.15, 0.2) is 0 Å². The monoisotopic (exact) mass is 190 g/mol. The van der Waals surface area contributed by atoms with Gasteiger partial charge in [-0.05, 0) is 11.6 Å². The van der Waals surface area contributed by atoms with Gasteiger partial charge in [-0.25, -0.2) is 0 Å². The van der Waals surface area contributed by atoms with Gasteiger partial charge in [-0.15, -0.1) is 0 Å². The minimum atomic E-state index is -0.457. The second-order valence-corrected chi connectivity index (χ2v) is 3.30. The van der Waals surface area contributed by atoms with Gasteiger partial charge in [0.1, 0.15) is 0 Å². The summed E-state index contributed by atoms with van der Waals surface area (Å²) < 4.78 is 0. The molecular weight excluding hydrogens is 180 g/mol. The van der Waals surface area contributed by atoms with E-state index in [4.69, 9.17) is 5.73 Å². The number of anilines is 1. The molecule has 14 heavy (non-hydrogen) atoms. The van der Waals surface area contributed by atoms with Crippen LogP contribution in [0.5, 0.6) is 0 Å². The second kappa shape index (κ2) is 3.14. The molecule has 0 fully saturated rings. The van der Waals surface area contributed by atoms with Crippen molar-refractivity contribution < 1.29 is 9.59 Å². The van der Waals surface area contributed by atoms with Crippen LogP contribution in [0.2, 0.25) is 0 Å². The van der Waals surface area contributed by atoms with Crippen LogP contribution >= 0.6 is 0 Å². The van der Waals surface area contributed by atoms with Gasteiger partial charge in [-0.3, -0.25) is 9.59 Å². The summed E-state index contributed by atoms with van der Waals surface area (Å²) >= 11 is 0. The molecular formula is C10H10N2O2. The van der Waals surface area contributed by atoms with Crippen molar-refractivity contribution in [2.75, 3.05) is 5.32 Å². The Morgan fingerprint density at radius 2 is 2.14 bits per heavy atom. The Labute approximate surface area is 81.1 Å². The highest BCUT2D eigenvalue weighted by Crippen LogP contribution is 2.33. The maximum absolute atomic E-state index is 11.4. The van der Waals surface area contributed by atoms with Gasteiger partial charge in [0.2, 0.25) is 11.8 Å². The van der Waals surface area contributed by atoms with E-state index in [2.05, 4.69) is 5.32 Å². The molecule has 0 bridgehead atoms. The maximum atomic E-state index is 11.4. The van der Waals surface area contributed by atoms with Crippen molar-refractivity contribution in [2.24, 2.45) is 5.73 Å². The molecule has 72 valence electrons. The van der Waals surface area contributed by atoms with Crippen LogP contribution in [0.25, 0.3) is 0 Å². The van der Waals surface area contributed by atoms with E-state index in [0.717, 1.165) is 11.3 Å². The smallest absolute Gasteiger partial charge is 0.232 e. The molecule has 2 rings (SSSR count). The molecule has 1 unspecified atom stereocenters. The standard InChI is InChI=1S/C10H10N2O2/c11-9(13)5-7-6-3-1-2-4-8(6)12-10(7)14/h1-4,7H,5H2,(H2,11,13)(H,12,14). The van der Waals surface area contributed by atoms with Crippen LogP contribution in [-0.4, -0.2) is 11.8 Å². The normalized spacial score (nSPS) is 18.9. The minimum Gasteiger partial charge on any atom is -0.370 e. The lowest BCUT2D eigenvalue weighted by molar-refractivity contribution is -0.123. The Hall–Kier alpha value is -1.84. The van der Waals surface area contributed by atoms with Crippen LogP contribution < -0.4 is 11.1 Å². The summed E-state index contributed by atoms with van der Waals surface area (Å²) in [6.07, 6.45) is 0.0723. The molecule has 1 aliphatic rings. The third-order valence-electron chi connectivity index (χ3n) is 2.32. The molecule has 3 N–H and O–H groups in total. The summed E-state index contributed by atoms with van der Waals surface area (Å²) in [5.74, 6) is -1.02. The first-order chi connectivity index (χ1) is 6.68. The zero-order chi connectivity index (χ0) is 10.1. The fraction of sp³-hybridized carbons (Fsp3) is 0.200. The fourth-order valence-electron chi connectivity index (χ4n) is 1.68. The lowest BCUT2D eigenvalue weighted by atomic mass is 9.97. The number of amides is 2. The molecule has 0 saturated carbocycles. The summed E-state index contributed by atoms with van der Waals surface area (Å²) in [6.45, 7) is 0. The SMILES string of the molecule is NC(=O)CC1C(=O)Nc2ccccc21. The van der Waals surface area contributed by atoms with E-state index in [1.165, 1.54) is 0 Å². The molecule has 4 heteroatoms. The van der Waals surface area contributed by atoms with Crippen molar-refractivity contribution >= 4 is 17.5 Å². The van der Waals surface area contributed by atoms with E-state index in [1.807, 2.05) is 24.3 Å². The Morgan fingerprint density at radius 3 is 2.86 bits per heavy atom. The van der Waals surface area contributed by atoms with Gasteiger partial charge < -0.3 is 11.1 Å². The Kier molecular flexibility index (Phi) is 1.96. The van der Waals surface area contributed by atoms with Crippen LogP contribution in [0.4, 0.5) is 5.69 Å². The third kappa shape index (κ3) is 1.35. The Bertz CT molecular complexity index is 401. The molecule has 4 nitrogen and oxygen atoms in total. The van der Waals surface area contributed by atoms with Crippen LogP contribution in [-0.2, 0) is 9.59 Å². The van der Waals surface area contributed by atoms with Gasteiger partial charge in [0, 0.05) is 12.1 Å². The van der Waals surface area contributed by atoms with E-state index in [9.17, 15) is 9.59 Å². The highest BCUT2D eigenvalue weighted by Gasteiger charge is 2.30. The number of hydrogen-bond donors (Lipinski definition) is 2. The van der Waals surface area contributed by atoms with E-state index >= 15 is 0 Å². The summed E-state index contributed by atoms with van der Waals surface area (Å²) in [6, 6.07) is 7.33. The second-order valence-electron chi connectivity index (χ2n) is 3.30. The molecule has 1 atom stereocenters. The van der Waals surface area contributed by atoms with Crippen LogP contribution in [0, 0.1) is 0 Å². The number of nitrogens with two attached hydrogens (primary N) is 1. The van der Waals surface area contributed by atoms with Crippen LogP contribution in [0.1, 0.15) is 17.9 Å². The molecule has 0 radical (unpaired) electrons. The number of nitrogens with one attached hydrogen (secondary N) is 1. The third-order valence-corrected chi connectivity index (χ3v) is 2.32. The summed E-state index contributed by atoms with van der Waals surface area (Å²) in [5, 5.41) is 2.71. The van der Waals surface area contributed by atoms with Crippen molar-refractivity contribution in [1.82, 2.24) is 0 Å². The van der Waals surface area contributed by atoms with E-state index in [0.29, 0.717) is 0 Å². The van der Waals surface area contributed by atoms with E-state index < -0.39 is 11.8 Å². The number of carbonyl (C=O) groups is 2.